The molecule has 0 bridgehead atoms. The molecule has 0 atom stereocenters. The van der Waals surface area contributed by atoms with Crippen molar-refractivity contribution in [3.05, 3.63) is 36.1 Å². The van der Waals surface area contributed by atoms with Gasteiger partial charge in [-0.2, -0.15) is 0 Å². The summed E-state index contributed by atoms with van der Waals surface area (Å²) >= 11 is 0. The molecule has 0 radical (unpaired) electrons. The summed E-state index contributed by atoms with van der Waals surface area (Å²) in [4.78, 5) is 0. The first kappa shape index (κ1) is 10.1. The maximum Gasteiger partial charge on any atom is 0.116 e. The summed E-state index contributed by atoms with van der Waals surface area (Å²) in [5.41, 5.74) is 0. The van der Waals surface area contributed by atoms with Gasteiger partial charge >= 0.3 is 0 Å². The molecular formula is C12H18O. The van der Waals surface area contributed by atoms with E-state index in [-0.39, 0.29) is 0 Å². The van der Waals surface area contributed by atoms with Crippen molar-refractivity contribution < 1.29 is 4.74 Å². The van der Waals surface area contributed by atoms with Crippen LogP contribution in [0.3, 0.4) is 0 Å². The molecule has 0 spiro atoms. The van der Waals surface area contributed by atoms with E-state index < -0.39 is 0 Å². The normalized spacial score (nSPS) is 15.8. The Labute approximate surface area is 80.8 Å². The number of hydrogen-bond donors (Lipinski definition) is 0. The predicted molar refractivity (Wildman–Crippen MR) is 56.4 cm³/mol. The number of rotatable bonds is 4. The van der Waals surface area contributed by atoms with Crippen LogP contribution in [0, 0.1) is 0 Å². The Hall–Kier alpha value is -0.980. The van der Waals surface area contributed by atoms with Gasteiger partial charge in [-0.15, -0.1) is 0 Å². The van der Waals surface area contributed by atoms with Gasteiger partial charge in [-0.25, -0.2) is 0 Å². The van der Waals surface area contributed by atoms with E-state index in [2.05, 4.69) is 32.1 Å². The van der Waals surface area contributed by atoms with E-state index in [4.69, 9.17) is 4.74 Å². The molecule has 1 aliphatic carbocycles. The minimum absolute atomic E-state index is 0.369. The molecule has 0 aromatic carbocycles. The van der Waals surface area contributed by atoms with Crippen molar-refractivity contribution >= 4 is 0 Å². The molecule has 0 saturated heterocycles. The molecule has 72 valence electrons. The largest absolute Gasteiger partial charge is 0.491 e. The molecule has 0 unspecified atom stereocenters. The lowest BCUT2D eigenvalue weighted by molar-refractivity contribution is 0.117. The fourth-order valence-corrected chi connectivity index (χ4v) is 1.29. The van der Waals surface area contributed by atoms with E-state index in [9.17, 15) is 0 Å². The van der Waals surface area contributed by atoms with Crippen LogP contribution in [0.1, 0.15) is 33.1 Å². The van der Waals surface area contributed by atoms with Crippen LogP contribution in [0.5, 0.6) is 0 Å². The minimum Gasteiger partial charge on any atom is -0.491 e. The second-order valence-electron chi connectivity index (χ2n) is 3.19. The fraction of sp³-hybridized carbons (Fsp3) is 0.500. The zero-order valence-electron chi connectivity index (χ0n) is 8.49. The molecule has 0 saturated carbocycles. The lowest BCUT2D eigenvalue weighted by Gasteiger charge is -2.15. The average Bonchev–Trinajstić information content (AvgIpc) is 2.42. The van der Waals surface area contributed by atoms with Crippen molar-refractivity contribution in [1.82, 2.24) is 0 Å². The summed E-state index contributed by atoms with van der Waals surface area (Å²) in [6, 6.07) is 0. The Kier molecular flexibility index (Phi) is 4.37. The number of hydrogen-bond acceptors (Lipinski definition) is 1. The van der Waals surface area contributed by atoms with E-state index in [1.165, 1.54) is 0 Å². The summed E-state index contributed by atoms with van der Waals surface area (Å²) in [5.74, 6) is 1.01. The second-order valence-corrected chi connectivity index (χ2v) is 3.19. The average molecular weight is 178 g/mol. The molecule has 0 N–H and O–H groups in total. The highest BCUT2D eigenvalue weighted by molar-refractivity contribution is 5.22. The van der Waals surface area contributed by atoms with Gasteiger partial charge in [-0.3, -0.25) is 0 Å². The van der Waals surface area contributed by atoms with Crippen molar-refractivity contribution in [2.75, 3.05) is 0 Å². The third-order valence-electron chi connectivity index (χ3n) is 2.18. The SMILES string of the molecule is CCC(CC)OC1=CCC=CC=C1. The van der Waals surface area contributed by atoms with Gasteiger partial charge in [-0.1, -0.05) is 32.1 Å². The molecular weight excluding hydrogens is 160 g/mol. The first-order valence-corrected chi connectivity index (χ1v) is 5.06. The van der Waals surface area contributed by atoms with Crippen LogP contribution in [-0.4, -0.2) is 6.10 Å². The molecule has 0 aromatic rings. The standard InChI is InChI=1S/C12H18O/c1-3-11(4-2)13-12-9-7-5-6-8-10-12/h5-7,9-11H,3-4,8H2,1-2H3. The Balaban J connectivity index is 2.48. The summed E-state index contributed by atoms with van der Waals surface area (Å²) in [5, 5.41) is 0. The van der Waals surface area contributed by atoms with Gasteiger partial charge < -0.3 is 4.74 Å². The number of allylic oxidation sites excluding steroid dienone is 5. The first-order valence-electron chi connectivity index (χ1n) is 5.06. The molecule has 0 fully saturated rings. The van der Waals surface area contributed by atoms with Crippen molar-refractivity contribution in [3.63, 3.8) is 0 Å². The van der Waals surface area contributed by atoms with E-state index in [0.29, 0.717) is 6.10 Å². The summed E-state index contributed by atoms with van der Waals surface area (Å²) < 4.78 is 5.80. The number of ether oxygens (including phenoxy) is 1. The van der Waals surface area contributed by atoms with Gasteiger partial charge in [-0.05, 0) is 31.4 Å². The molecule has 0 aliphatic heterocycles. The lowest BCUT2D eigenvalue weighted by atomic mass is 10.2. The van der Waals surface area contributed by atoms with Crippen molar-refractivity contribution in [2.24, 2.45) is 0 Å². The molecule has 1 nitrogen and oxygen atoms in total. The highest BCUT2D eigenvalue weighted by Gasteiger charge is 2.04. The van der Waals surface area contributed by atoms with Crippen molar-refractivity contribution in [1.29, 1.82) is 0 Å². The zero-order valence-corrected chi connectivity index (χ0v) is 8.49. The van der Waals surface area contributed by atoms with Crippen LogP contribution in [0.15, 0.2) is 36.1 Å². The van der Waals surface area contributed by atoms with Crippen LogP contribution in [0.4, 0.5) is 0 Å². The van der Waals surface area contributed by atoms with E-state index >= 15 is 0 Å². The summed E-state index contributed by atoms with van der Waals surface area (Å²) in [7, 11) is 0. The van der Waals surface area contributed by atoms with Gasteiger partial charge in [0.05, 0.1) is 6.10 Å². The Morgan fingerprint density at radius 1 is 1.31 bits per heavy atom. The summed E-state index contributed by atoms with van der Waals surface area (Å²) in [6.07, 6.45) is 13.9. The summed E-state index contributed by atoms with van der Waals surface area (Å²) in [6.45, 7) is 4.32. The first-order chi connectivity index (χ1) is 6.36. The molecule has 0 heterocycles. The Morgan fingerprint density at radius 3 is 2.77 bits per heavy atom. The van der Waals surface area contributed by atoms with Gasteiger partial charge in [0.2, 0.25) is 0 Å². The fourth-order valence-electron chi connectivity index (χ4n) is 1.29. The van der Waals surface area contributed by atoms with E-state index in [1.54, 1.807) is 0 Å². The van der Waals surface area contributed by atoms with Crippen LogP contribution in [-0.2, 0) is 4.74 Å². The van der Waals surface area contributed by atoms with Crippen LogP contribution in [0.25, 0.3) is 0 Å². The zero-order chi connectivity index (χ0) is 9.52. The van der Waals surface area contributed by atoms with Crippen LogP contribution < -0.4 is 0 Å². The third-order valence-corrected chi connectivity index (χ3v) is 2.18. The molecule has 0 aromatic heterocycles. The maximum absolute atomic E-state index is 5.80. The Bertz CT molecular complexity index is 219. The van der Waals surface area contributed by atoms with E-state index in [0.717, 1.165) is 25.0 Å². The van der Waals surface area contributed by atoms with Gasteiger partial charge in [0.25, 0.3) is 0 Å². The molecule has 13 heavy (non-hydrogen) atoms. The smallest absolute Gasteiger partial charge is 0.116 e. The third kappa shape index (κ3) is 3.49. The van der Waals surface area contributed by atoms with Crippen LogP contribution in [0.2, 0.25) is 0 Å². The highest BCUT2D eigenvalue weighted by Crippen LogP contribution is 2.13. The van der Waals surface area contributed by atoms with Gasteiger partial charge in [0.15, 0.2) is 0 Å². The predicted octanol–water partition coefficient (Wildman–Crippen LogP) is 3.59. The lowest BCUT2D eigenvalue weighted by Crippen LogP contribution is -2.08. The van der Waals surface area contributed by atoms with Crippen molar-refractivity contribution in [3.8, 4) is 0 Å². The van der Waals surface area contributed by atoms with Crippen molar-refractivity contribution in [2.45, 2.75) is 39.2 Å². The Morgan fingerprint density at radius 2 is 2.08 bits per heavy atom. The van der Waals surface area contributed by atoms with Gasteiger partial charge in [0, 0.05) is 0 Å². The monoisotopic (exact) mass is 178 g/mol. The second kappa shape index (κ2) is 5.63. The highest BCUT2D eigenvalue weighted by atomic mass is 16.5. The minimum atomic E-state index is 0.369. The maximum atomic E-state index is 5.80. The molecule has 1 rings (SSSR count). The topological polar surface area (TPSA) is 9.23 Å². The molecule has 0 amide bonds. The van der Waals surface area contributed by atoms with Crippen LogP contribution >= 0.6 is 0 Å². The van der Waals surface area contributed by atoms with E-state index in [1.807, 2.05) is 12.2 Å². The molecule has 1 aliphatic rings. The van der Waals surface area contributed by atoms with Gasteiger partial charge in [0.1, 0.15) is 5.76 Å². The quantitative estimate of drug-likeness (QED) is 0.639. The molecule has 1 heteroatoms.